The average molecular weight is 165 g/mol. The molecule has 0 amide bonds. The lowest BCUT2D eigenvalue weighted by Gasteiger charge is -2.06. The van der Waals surface area contributed by atoms with Crippen molar-refractivity contribution >= 4 is 19.1 Å². The van der Waals surface area contributed by atoms with Crippen LogP contribution in [0.4, 0.5) is 0 Å². The van der Waals surface area contributed by atoms with Crippen LogP contribution in [0.2, 0.25) is 0 Å². The first-order chi connectivity index (χ1) is 5.88. The Morgan fingerprint density at radius 3 is 2.50 bits per heavy atom. The molecule has 1 aromatic carbocycles. The molecule has 1 aromatic rings. The minimum absolute atomic E-state index is 0.296. The van der Waals surface area contributed by atoms with E-state index in [2.05, 4.69) is 9.41 Å². The molecule has 0 unspecified atom stereocenters. The van der Waals surface area contributed by atoms with Crippen molar-refractivity contribution in [2.45, 2.75) is 0 Å². The van der Waals surface area contributed by atoms with Gasteiger partial charge in [-0.05, 0) is 5.46 Å². The van der Waals surface area contributed by atoms with E-state index in [-0.39, 0.29) is 0 Å². The Kier molecular flexibility index (Phi) is 3.31. The van der Waals surface area contributed by atoms with Crippen LogP contribution in [0.15, 0.2) is 30.3 Å². The van der Waals surface area contributed by atoms with Crippen LogP contribution in [-0.2, 0) is 14.2 Å². The first-order valence-corrected chi connectivity index (χ1v) is 3.38. The molecule has 0 radical (unpaired) electrons. The van der Waals surface area contributed by atoms with Gasteiger partial charge < -0.3 is 9.41 Å². The first-order valence-electron chi connectivity index (χ1n) is 3.38. The van der Waals surface area contributed by atoms with Gasteiger partial charge in [0.2, 0.25) is 0 Å². The second-order valence-corrected chi connectivity index (χ2v) is 2.11. The van der Waals surface area contributed by atoms with Crippen LogP contribution in [0.3, 0.4) is 0 Å². The van der Waals surface area contributed by atoms with Gasteiger partial charge in [0.1, 0.15) is 0 Å². The minimum atomic E-state index is -0.816. The molecule has 0 saturated heterocycles. The Morgan fingerprint density at radius 1 is 1.33 bits per heavy atom. The van der Waals surface area contributed by atoms with E-state index in [0.29, 0.717) is 11.9 Å². The lowest BCUT2D eigenvalue weighted by Crippen LogP contribution is -2.38. The number of hydrogen-bond acceptors (Lipinski definition) is 4. The van der Waals surface area contributed by atoms with Crippen molar-refractivity contribution in [2.24, 2.45) is 5.90 Å². The zero-order chi connectivity index (χ0) is 8.81. The van der Waals surface area contributed by atoms with Gasteiger partial charge in [-0.2, -0.15) is 0 Å². The Labute approximate surface area is 70.4 Å². The summed E-state index contributed by atoms with van der Waals surface area (Å²) in [5.74, 6) is 4.91. The largest absolute Gasteiger partial charge is 0.581 e. The van der Waals surface area contributed by atoms with Crippen LogP contribution in [0.5, 0.6) is 0 Å². The fourth-order valence-electron chi connectivity index (χ4n) is 0.850. The maximum atomic E-state index is 9.99. The van der Waals surface area contributed by atoms with Crippen molar-refractivity contribution in [3.8, 4) is 0 Å². The van der Waals surface area contributed by atoms with E-state index in [4.69, 9.17) is 5.90 Å². The number of rotatable bonds is 4. The molecule has 0 aromatic heterocycles. The molecule has 12 heavy (non-hydrogen) atoms. The predicted octanol–water partition coefficient (Wildman–Crippen LogP) is -0.555. The quantitative estimate of drug-likeness (QED) is 0.369. The highest BCUT2D eigenvalue weighted by atomic mass is 16.7. The molecule has 0 bridgehead atoms. The highest BCUT2D eigenvalue weighted by Crippen LogP contribution is 1.88. The highest BCUT2D eigenvalue weighted by Gasteiger charge is 2.20. The predicted molar refractivity (Wildman–Crippen MR) is 44.3 cm³/mol. The lowest BCUT2D eigenvalue weighted by atomic mass is 9.79. The first kappa shape index (κ1) is 8.77. The Balaban J connectivity index is 2.72. The van der Waals surface area contributed by atoms with Crippen LogP contribution in [-0.4, -0.2) is 13.6 Å². The fraction of sp³-hybridized carbons (Fsp3) is 0. The summed E-state index contributed by atoms with van der Waals surface area (Å²) < 4.78 is 8.97. The highest BCUT2D eigenvalue weighted by molar-refractivity contribution is 6.62. The third kappa shape index (κ3) is 2.08. The second-order valence-electron chi connectivity index (χ2n) is 2.11. The Hall–Kier alpha value is -1.33. The third-order valence-electron chi connectivity index (χ3n) is 1.37. The van der Waals surface area contributed by atoms with E-state index in [9.17, 15) is 4.79 Å². The van der Waals surface area contributed by atoms with Gasteiger partial charge in [0.25, 0.3) is 6.47 Å². The van der Waals surface area contributed by atoms with Gasteiger partial charge in [0, 0.05) is 0 Å². The van der Waals surface area contributed by atoms with Gasteiger partial charge >= 0.3 is 7.12 Å². The molecule has 0 aliphatic rings. The van der Waals surface area contributed by atoms with E-state index in [1.807, 2.05) is 6.07 Å². The molecule has 5 heteroatoms. The van der Waals surface area contributed by atoms with Crippen molar-refractivity contribution in [1.82, 2.24) is 0 Å². The molecule has 0 aliphatic carbocycles. The van der Waals surface area contributed by atoms with Gasteiger partial charge in [-0.3, -0.25) is 4.79 Å². The summed E-state index contributed by atoms with van der Waals surface area (Å²) in [5.41, 5.74) is 0.701. The van der Waals surface area contributed by atoms with Gasteiger partial charge in [-0.15, -0.1) is 0 Å². The smallest absolute Gasteiger partial charge is 0.507 e. The van der Waals surface area contributed by atoms with E-state index in [1.54, 1.807) is 24.3 Å². The van der Waals surface area contributed by atoms with Gasteiger partial charge in [0.15, 0.2) is 0 Å². The SMILES string of the molecule is NOB(OC=O)c1ccccc1. The molecule has 0 saturated carbocycles. The molecule has 0 spiro atoms. The van der Waals surface area contributed by atoms with E-state index in [1.165, 1.54) is 0 Å². The summed E-state index contributed by atoms with van der Waals surface area (Å²) in [7, 11) is -0.816. The number of carbonyl (C=O) groups excluding carboxylic acids is 1. The molecule has 2 N–H and O–H groups in total. The van der Waals surface area contributed by atoms with Crippen LogP contribution < -0.4 is 11.4 Å². The molecule has 0 atom stereocenters. The molecular formula is C7H8BNO3. The summed E-state index contributed by atoms with van der Waals surface area (Å²) in [6, 6.07) is 8.95. The molecule has 62 valence electrons. The van der Waals surface area contributed by atoms with E-state index >= 15 is 0 Å². The summed E-state index contributed by atoms with van der Waals surface area (Å²) in [6.07, 6.45) is 0. The van der Waals surface area contributed by atoms with Crippen molar-refractivity contribution in [1.29, 1.82) is 0 Å². The molecule has 4 nitrogen and oxygen atoms in total. The molecule has 0 fully saturated rings. The standard InChI is InChI=1S/C7H8BNO3/c9-12-8(11-6-10)7-4-2-1-3-5-7/h1-6H,9H2. The summed E-state index contributed by atoms with van der Waals surface area (Å²) in [5, 5.41) is 0. The molecular weight excluding hydrogens is 157 g/mol. The number of benzene rings is 1. The summed E-state index contributed by atoms with van der Waals surface area (Å²) in [6.45, 7) is 0.296. The third-order valence-corrected chi connectivity index (χ3v) is 1.37. The normalized spacial score (nSPS) is 9.08. The fourth-order valence-corrected chi connectivity index (χ4v) is 0.850. The Morgan fingerprint density at radius 2 is 2.00 bits per heavy atom. The zero-order valence-corrected chi connectivity index (χ0v) is 6.34. The van der Waals surface area contributed by atoms with Gasteiger partial charge in [-0.25, -0.2) is 5.90 Å². The molecule has 0 heterocycles. The van der Waals surface area contributed by atoms with Gasteiger partial charge in [-0.1, -0.05) is 30.3 Å². The van der Waals surface area contributed by atoms with Crippen molar-refractivity contribution in [3.05, 3.63) is 30.3 Å². The summed E-state index contributed by atoms with van der Waals surface area (Å²) in [4.78, 5) is 9.99. The van der Waals surface area contributed by atoms with Crippen LogP contribution >= 0.6 is 0 Å². The lowest BCUT2D eigenvalue weighted by molar-refractivity contribution is -0.121. The van der Waals surface area contributed by atoms with Crippen molar-refractivity contribution < 1.29 is 14.2 Å². The maximum Gasteiger partial charge on any atom is 0.581 e. The average Bonchev–Trinajstić information content (AvgIpc) is 2.15. The van der Waals surface area contributed by atoms with E-state index in [0.717, 1.165) is 0 Å². The van der Waals surface area contributed by atoms with Crippen LogP contribution in [0.25, 0.3) is 0 Å². The Bertz CT molecular complexity index is 242. The minimum Gasteiger partial charge on any atom is -0.507 e. The monoisotopic (exact) mass is 165 g/mol. The molecule has 0 aliphatic heterocycles. The van der Waals surface area contributed by atoms with Crippen molar-refractivity contribution in [2.75, 3.05) is 0 Å². The van der Waals surface area contributed by atoms with Gasteiger partial charge in [0.05, 0.1) is 0 Å². The topological polar surface area (TPSA) is 61.6 Å². The number of hydrogen-bond donors (Lipinski definition) is 1. The van der Waals surface area contributed by atoms with Crippen LogP contribution in [0.1, 0.15) is 0 Å². The second kappa shape index (κ2) is 4.53. The van der Waals surface area contributed by atoms with Crippen LogP contribution in [0, 0.1) is 0 Å². The van der Waals surface area contributed by atoms with E-state index < -0.39 is 7.12 Å². The number of carbonyl (C=O) groups is 1. The zero-order valence-electron chi connectivity index (χ0n) is 6.34. The van der Waals surface area contributed by atoms with Crippen molar-refractivity contribution in [3.63, 3.8) is 0 Å². The summed E-state index contributed by atoms with van der Waals surface area (Å²) >= 11 is 0. The number of nitrogens with two attached hydrogens (primary N) is 1. The molecule has 1 rings (SSSR count). The maximum absolute atomic E-state index is 9.99.